The fourth-order valence-electron chi connectivity index (χ4n) is 13.1. The molecule has 6 heteroatoms. The predicted octanol–water partition coefficient (Wildman–Crippen LogP) is 26.5. The van der Waals surface area contributed by atoms with E-state index in [0.717, 1.165) is 58.0 Å². The van der Waals surface area contributed by atoms with Crippen LogP contribution in [0.25, 0.3) is 0 Å². The van der Waals surface area contributed by atoms with Crippen molar-refractivity contribution >= 4 is 12.1 Å². The number of urea groups is 2. The quantitative estimate of drug-likeness (QED) is 0.0470. The molecule has 0 radical (unpaired) electrons. The highest BCUT2D eigenvalue weighted by Gasteiger charge is 2.37. The zero-order chi connectivity index (χ0) is 59.6. The van der Waals surface area contributed by atoms with Crippen LogP contribution in [-0.4, -0.2) is 47.2 Å². The van der Waals surface area contributed by atoms with E-state index >= 15 is 4.79 Å². The van der Waals surface area contributed by atoms with E-state index in [4.69, 9.17) is 5.73 Å². The summed E-state index contributed by atoms with van der Waals surface area (Å²) in [5.41, 5.74) is 5.25. The number of nitrogens with one attached hydrogen (secondary N) is 1. The van der Waals surface area contributed by atoms with Gasteiger partial charge >= 0.3 is 12.1 Å². The third-order valence-corrected chi connectivity index (χ3v) is 18.8. The Labute approximate surface area is 517 Å². The Hall–Kier alpha value is -1.46. The second kappa shape index (κ2) is 67.1. The normalized spacial score (nSPS) is 12.4. The molecule has 0 aromatic rings. The fraction of sp³-hybridized carbons (Fsp3) is 0.974. The first-order valence-corrected chi connectivity index (χ1v) is 38.5. The molecule has 0 aliphatic carbocycles. The summed E-state index contributed by atoms with van der Waals surface area (Å²) in [5.74, 6) is 0. The Bertz CT molecular complexity index is 1210. The number of primary amides is 1. The number of hydrogen-bond donors (Lipinski definition) is 2. The standard InChI is InChI=1S/C76H154N4O2/c1-6-10-14-18-22-26-30-34-38-42-46-50-54-58-62-66-70-76(5,78-74(77)81)80(73-69-65-61-57-53-49-45-41-37-33-29-25-21-17-13-9-4)75(82)79(71-67-63-59-55-51-47-43-39-35-31-27-23-19-15-11-7-2)72-68-64-60-56-52-48-44-40-36-32-28-24-20-16-12-8-3/h6-73H2,1-5H3,(H3,77,78,81). The summed E-state index contributed by atoms with van der Waals surface area (Å²) in [4.78, 5) is 32.5. The Balaban J connectivity index is 5.54. The average Bonchev–Trinajstić information content (AvgIpc) is 3.49. The van der Waals surface area contributed by atoms with Gasteiger partial charge in [0.1, 0.15) is 5.66 Å². The largest absolute Gasteiger partial charge is 0.352 e. The third-order valence-electron chi connectivity index (χ3n) is 18.8. The number of carbonyl (C=O) groups excluding carboxylic acids is 2. The van der Waals surface area contributed by atoms with Crippen molar-refractivity contribution in [2.45, 2.75) is 458 Å². The van der Waals surface area contributed by atoms with Crippen molar-refractivity contribution in [3.05, 3.63) is 0 Å². The van der Waals surface area contributed by atoms with Gasteiger partial charge in [-0.25, -0.2) is 9.59 Å². The Kier molecular flexibility index (Phi) is 65.9. The van der Waals surface area contributed by atoms with Crippen molar-refractivity contribution in [1.82, 2.24) is 15.1 Å². The van der Waals surface area contributed by atoms with Crippen LogP contribution < -0.4 is 11.1 Å². The molecule has 3 N–H and O–H groups in total. The van der Waals surface area contributed by atoms with E-state index < -0.39 is 11.7 Å². The number of rotatable bonds is 70. The number of nitrogens with two attached hydrogens (primary N) is 1. The molecule has 0 aliphatic rings. The average molecular weight is 1160 g/mol. The lowest BCUT2D eigenvalue weighted by Gasteiger charge is -2.44. The van der Waals surface area contributed by atoms with Crippen LogP contribution in [0.4, 0.5) is 9.59 Å². The van der Waals surface area contributed by atoms with Gasteiger partial charge in [-0.2, -0.15) is 0 Å². The summed E-state index contributed by atoms with van der Waals surface area (Å²) in [6.07, 6.45) is 86.8. The number of amides is 4. The first-order chi connectivity index (χ1) is 40.4. The highest BCUT2D eigenvalue weighted by molar-refractivity contribution is 5.77. The van der Waals surface area contributed by atoms with E-state index in [2.05, 4.69) is 49.7 Å². The molecule has 0 aromatic carbocycles. The summed E-state index contributed by atoms with van der Waals surface area (Å²) in [6, 6.07) is -0.374. The monoisotopic (exact) mass is 1160 g/mol. The van der Waals surface area contributed by atoms with Gasteiger partial charge in [0.2, 0.25) is 0 Å². The maximum atomic E-state index is 15.3. The number of unbranched alkanes of at least 4 members (excludes halogenated alkanes) is 60. The molecule has 0 aromatic heterocycles. The van der Waals surface area contributed by atoms with Crippen molar-refractivity contribution in [2.75, 3.05) is 19.6 Å². The van der Waals surface area contributed by atoms with Crippen molar-refractivity contribution in [3.8, 4) is 0 Å². The first kappa shape index (κ1) is 80.5. The molecule has 1 atom stereocenters. The zero-order valence-corrected chi connectivity index (χ0v) is 57.4. The molecule has 0 saturated carbocycles. The van der Waals surface area contributed by atoms with Crippen LogP contribution in [0.2, 0.25) is 0 Å². The molecule has 0 heterocycles. The predicted molar refractivity (Wildman–Crippen MR) is 368 cm³/mol. The number of hydrogen-bond acceptors (Lipinski definition) is 2. The van der Waals surface area contributed by atoms with Gasteiger partial charge in [0.15, 0.2) is 0 Å². The molecule has 0 fully saturated rings. The molecule has 0 saturated heterocycles. The highest BCUT2D eigenvalue weighted by atomic mass is 16.2. The third kappa shape index (κ3) is 57.6. The van der Waals surface area contributed by atoms with E-state index in [1.165, 1.54) is 372 Å². The first-order valence-electron chi connectivity index (χ1n) is 38.5. The lowest BCUT2D eigenvalue weighted by atomic mass is 9.98. The maximum absolute atomic E-state index is 15.3. The summed E-state index contributed by atoms with van der Waals surface area (Å²) < 4.78 is 0. The van der Waals surface area contributed by atoms with Crippen LogP contribution in [0.1, 0.15) is 452 Å². The molecular formula is C76H154N4O2. The van der Waals surface area contributed by atoms with E-state index in [9.17, 15) is 4.79 Å². The molecule has 0 aliphatic heterocycles. The second-order valence-corrected chi connectivity index (χ2v) is 27.1. The number of carbonyl (C=O) groups is 2. The van der Waals surface area contributed by atoms with Gasteiger partial charge in [-0.3, -0.25) is 0 Å². The van der Waals surface area contributed by atoms with Crippen molar-refractivity contribution < 1.29 is 9.59 Å². The van der Waals surface area contributed by atoms with Gasteiger partial charge in [-0.05, 0) is 39.0 Å². The van der Waals surface area contributed by atoms with Gasteiger partial charge in [0.05, 0.1) is 0 Å². The van der Waals surface area contributed by atoms with Crippen LogP contribution in [0, 0.1) is 0 Å². The maximum Gasteiger partial charge on any atom is 0.321 e. The highest BCUT2D eigenvalue weighted by Crippen LogP contribution is 2.26. The topological polar surface area (TPSA) is 78.7 Å². The van der Waals surface area contributed by atoms with Gasteiger partial charge in [-0.1, -0.05) is 413 Å². The van der Waals surface area contributed by atoms with Crippen LogP contribution in [-0.2, 0) is 0 Å². The van der Waals surface area contributed by atoms with Crippen molar-refractivity contribution in [3.63, 3.8) is 0 Å². The smallest absolute Gasteiger partial charge is 0.321 e. The van der Waals surface area contributed by atoms with E-state index in [1.807, 2.05) is 0 Å². The van der Waals surface area contributed by atoms with E-state index in [0.29, 0.717) is 6.54 Å². The summed E-state index contributed by atoms with van der Waals surface area (Å²) in [7, 11) is 0. The molecule has 6 nitrogen and oxygen atoms in total. The molecule has 82 heavy (non-hydrogen) atoms. The SMILES string of the molecule is CCCCCCCCCCCCCCCCCCN(CCCCCCCCCCCCCCCCCC)C(=O)N(CCCCCCCCCCCCCCCCCC)C(C)(CCCCCCCCCCCCCCCCCC)NC(N)=O. The van der Waals surface area contributed by atoms with E-state index in [1.54, 1.807) is 0 Å². The molecule has 1 unspecified atom stereocenters. The Morgan fingerprint density at radius 3 is 0.634 bits per heavy atom. The minimum absolute atomic E-state index is 0.135. The Morgan fingerprint density at radius 2 is 0.439 bits per heavy atom. The van der Waals surface area contributed by atoms with Gasteiger partial charge in [0, 0.05) is 19.6 Å². The molecule has 0 rings (SSSR count). The molecule has 490 valence electrons. The molecule has 0 bridgehead atoms. The molecule has 4 amide bonds. The summed E-state index contributed by atoms with van der Waals surface area (Å²) in [5, 5.41) is 3.21. The van der Waals surface area contributed by atoms with E-state index in [-0.39, 0.29) is 6.03 Å². The van der Waals surface area contributed by atoms with Crippen LogP contribution >= 0.6 is 0 Å². The lowest BCUT2D eigenvalue weighted by Crippen LogP contribution is -2.64. The summed E-state index contributed by atoms with van der Waals surface area (Å²) >= 11 is 0. The minimum Gasteiger partial charge on any atom is -0.352 e. The lowest BCUT2D eigenvalue weighted by molar-refractivity contribution is 0.0683. The second-order valence-electron chi connectivity index (χ2n) is 27.1. The number of nitrogens with zero attached hydrogens (tertiary/aromatic N) is 2. The van der Waals surface area contributed by atoms with Gasteiger partial charge in [-0.15, -0.1) is 0 Å². The van der Waals surface area contributed by atoms with Crippen molar-refractivity contribution in [2.24, 2.45) is 5.73 Å². The molecular weight excluding hydrogens is 1000 g/mol. The Morgan fingerprint density at radius 1 is 0.268 bits per heavy atom. The van der Waals surface area contributed by atoms with Crippen LogP contribution in [0.3, 0.4) is 0 Å². The fourth-order valence-corrected chi connectivity index (χ4v) is 13.1. The molecule has 0 spiro atoms. The zero-order valence-electron chi connectivity index (χ0n) is 57.4. The van der Waals surface area contributed by atoms with Crippen LogP contribution in [0.5, 0.6) is 0 Å². The van der Waals surface area contributed by atoms with Crippen LogP contribution in [0.15, 0.2) is 0 Å². The van der Waals surface area contributed by atoms with Gasteiger partial charge in [0.25, 0.3) is 0 Å². The van der Waals surface area contributed by atoms with Crippen molar-refractivity contribution in [1.29, 1.82) is 0 Å². The summed E-state index contributed by atoms with van der Waals surface area (Å²) in [6.45, 7) is 13.7. The van der Waals surface area contributed by atoms with Gasteiger partial charge < -0.3 is 20.9 Å². The minimum atomic E-state index is -0.796.